The molecule has 0 amide bonds. The minimum Gasteiger partial charge on any atom is -0.375 e. The van der Waals surface area contributed by atoms with Gasteiger partial charge in [-0.1, -0.05) is 13.8 Å². The molecule has 0 saturated carbocycles. The molecular weight excluding hydrogens is 275 g/mol. The van der Waals surface area contributed by atoms with E-state index < -0.39 is 22.4 Å². The number of nitrogens with one attached hydrogen (secondary N) is 1. The van der Waals surface area contributed by atoms with Gasteiger partial charge >= 0.3 is 6.18 Å². The summed E-state index contributed by atoms with van der Waals surface area (Å²) in [4.78, 5) is 10.1. The average Bonchev–Trinajstić information content (AvgIpc) is 2.34. The average molecular weight is 291 g/mol. The Balaban J connectivity index is 3.17. The topological polar surface area (TPSA) is 81.2 Å². The lowest BCUT2D eigenvalue weighted by atomic mass is 10.0. The fourth-order valence-corrected chi connectivity index (χ4v) is 1.68. The Kier molecular flexibility index (Phi) is 4.93. The quantitative estimate of drug-likeness (QED) is 0.645. The third kappa shape index (κ3) is 3.83. The van der Waals surface area contributed by atoms with Crippen molar-refractivity contribution in [2.45, 2.75) is 26.1 Å². The minimum atomic E-state index is -4.62. The van der Waals surface area contributed by atoms with E-state index in [2.05, 4.69) is 5.32 Å². The van der Waals surface area contributed by atoms with E-state index in [0.717, 1.165) is 12.1 Å². The van der Waals surface area contributed by atoms with Gasteiger partial charge < -0.3 is 11.1 Å². The molecule has 0 spiro atoms. The van der Waals surface area contributed by atoms with Crippen molar-refractivity contribution in [2.75, 3.05) is 11.9 Å². The van der Waals surface area contributed by atoms with Gasteiger partial charge in [0.05, 0.1) is 10.5 Å². The van der Waals surface area contributed by atoms with Gasteiger partial charge in [-0.05, 0) is 18.1 Å². The lowest BCUT2D eigenvalue weighted by molar-refractivity contribution is -0.384. The van der Waals surface area contributed by atoms with Gasteiger partial charge in [-0.2, -0.15) is 13.2 Å². The molecule has 0 bridgehead atoms. The molecule has 8 heteroatoms. The highest BCUT2D eigenvalue weighted by atomic mass is 19.4. The fraction of sp³-hybridized carbons (Fsp3) is 0.500. The van der Waals surface area contributed by atoms with Crippen LogP contribution in [-0.2, 0) is 6.18 Å². The zero-order valence-electron chi connectivity index (χ0n) is 11.1. The molecule has 1 aromatic rings. The maximum absolute atomic E-state index is 12.6. The summed E-state index contributed by atoms with van der Waals surface area (Å²) in [6.45, 7) is 3.94. The van der Waals surface area contributed by atoms with Crippen LogP contribution in [0.25, 0.3) is 0 Å². The van der Waals surface area contributed by atoms with Crippen molar-refractivity contribution >= 4 is 11.4 Å². The fourth-order valence-electron chi connectivity index (χ4n) is 1.68. The predicted molar refractivity (Wildman–Crippen MR) is 69.4 cm³/mol. The van der Waals surface area contributed by atoms with Crippen molar-refractivity contribution in [1.29, 1.82) is 0 Å². The van der Waals surface area contributed by atoms with Gasteiger partial charge in [-0.15, -0.1) is 0 Å². The Hall–Kier alpha value is -1.83. The van der Waals surface area contributed by atoms with E-state index in [1.165, 1.54) is 0 Å². The van der Waals surface area contributed by atoms with Crippen LogP contribution in [-0.4, -0.2) is 17.5 Å². The number of rotatable bonds is 5. The molecular formula is C12H16F3N3O2. The Morgan fingerprint density at radius 1 is 1.40 bits per heavy atom. The van der Waals surface area contributed by atoms with Gasteiger partial charge in [0, 0.05) is 18.7 Å². The van der Waals surface area contributed by atoms with Gasteiger partial charge in [0.2, 0.25) is 0 Å². The second kappa shape index (κ2) is 6.08. The number of anilines is 1. The van der Waals surface area contributed by atoms with E-state index >= 15 is 0 Å². The highest BCUT2D eigenvalue weighted by Crippen LogP contribution is 2.35. The Labute approximate surface area is 114 Å². The maximum atomic E-state index is 12.6. The lowest BCUT2D eigenvalue weighted by Crippen LogP contribution is -2.33. The molecule has 0 saturated heterocycles. The molecule has 1 unspecified atom stereocenters. The zero-order valence-corrected chi connectivity index (χ0v) is 11.1. The number of hydrogen-bond donors (Lipinski definition) is 2. The van der Waals surface area contributed by atoms with Crippen LogP contribution in [0.15, 0.2) is 18.2 Å². The minimum absolute atomic E-state index is 0.0344. The third-order valence-corrected chi connectivity index (χ3v) is 2.92. The van der Waals surface area contributed by atoms with Crippen molar-refractivity contribution in [3.63, 3.8) is 0 Å². The summed E-state index contributed by atoms with van der Waals surface area (Å²) in [5, 5.41) is 13.7. The summed E-state index contributed by atoms with van der Waals surface area (Å²) in [7, 11) is 0. The predicted octanol–water partition coefficient (Wildman–Crippen LogP) is 3.01. The van der Waals surface area contributed by atoms with Crippen LogP contribution in [0.2, 0.25) is 0 Å². The highest BCUT2D eigenvalue weighted by molar-refractivity contribution is 5.63. The summed E-state index contributed by atoms with van der Waals surface area (Å²) >= 11 is 0. The summed E-state index contributed by atoms with van der Waals surface area (Å²) in [5.74, 6) is 0.0851. The first-order valence-electron chi connectivity index (χ1n) is 5.99. The monoisotopic (exact) mass is 291 g/mol. The van der Waals surface area contributed by atoms with Crippen LogP contribution in [0.3, 0.4) is 0 Å². The molecule has 5 nitrogen and oxygen atoms in total. The number of nitrogens with two attached hydrogens (primary N) is 1. The standard InChI is InChI=1S/C12H16F3N3O2/c1-7(2)10(6-16)17-9-4-3-8(12(13,14)15)5-11(9)18(19)20/h3-5,7,10,17H,6,16H2,1-2H3. The van der Waals surface area contributed by atoms with Gasteiger partial charge in [-0.3, -0.25) is 10.1 Å². The largest absolute Gasteiger partial charge is 0.416 e. The highest BCUT2D eigenvalue weighted by Gasteiger charge is 2.33. The lowest BCUT2D eigenvalue weighted by Gasteiger charge is -2.22. The van der Waals surface area contributed by atoms with Crippen molar-refractivity contribution in [1.82, 2.24) is 0 Å². The Morgan fingerprint density at radius 2 is 2.00 bits per heavy atom. The van der Waals surface area contributed by atoms with Crippen LogP contribution in [0.4, 0.5) is 24.5 Å². The Bertz CT molecular complexity index is 489. The number of hydrogen-bond acceptors (Lipinski definition) is 4. The second-order valence-corrected chi connectivity index (χ2v) is 4.72. The number of halogens is 3. The van der Waals surface area contributed by atoms with Crippen LogP contribution in [0.5, 0.6) is 0 Å². The van der Waals surface area contributed by atoms with E-state index in [0.29, 0.717) is 6.07 Å². The van der Waals surface area contributed by atoms with Gasteiger partial charge in [0.25, 0.3) is 5.69 Å². The van der Waals surface area contributed by atoms with Crippen LogP contribution >= 0.6 is 0 Å². The van der Waals surface area contributed by atoms with E-state index in [1.807, 2.05) is 13.8 Å². The molecule has 3 N–H and O–H groups in total. The molecule has 0 aliphatic rings. The van der Waals surface area contributed by atoms with Crippen molar-refractivity contribution in [3.05, 3.63) is 33.9 Å². The molecule has 0 heterocycles. The summed E-state index contributed by atoms with van der Waals surface area (Å²) in [6.07, 6.45) is -4.62. The van der Waals surface area contributed by atoms with Crippen molar-refractivity contribution in [3.8, 4) is 0 Å². The number of benzene rings is 1. The van der Waals surface area contributed by atoms with E-state index in [4.69, 9.17) is 5.73 Å². The Morgan fingerprint density at radius 3 is 2.40 bits per heavy atom. The molecule has 1 rings (SSSR count). The van der Waals surface area contributed by atoms with Gasteiger partial charge in [-0.25, -0.2) is 0 Å². The van der Waals surface area contributed by atoms with Crippen LogP contribution < -0.4 is 11.1 Å². The summed E-state index contributed by atoms with van der Waals surface area (Å²) in [5.41, 5.74) is 3.90. The SMILES string of the molecule is CC(C)C(CN)Nc1ccc(C(F)(F)F)cc1[N+](=O)[O-]. The molecule has 112 valence electrons. The van der Waals surface area contributed by atoms with Gasteiger partial charge in [0.1, 0.15) is 5.69 Å². The number of nitro benzene ring substituents is 1. The summed E-state index contributed by atoms with van der Waals surface area (Å²) in [6, 6.07) is 2.14. The molecule has 0 radical (unpaired) electrons. The van der Waals surface area contributed by atoms with Crippen LogP contribution in [0, 0.1) is 16.0 Å². The maximum Gasteiger partial charge on any atom is 0.416 e. The normalized spacial score (nSPS) is 13.3. The molecule has 1 aromatic carbocycles. The van der Waals surface area contributed by atoms with E-state index in [9.17, 15) is 23.3 Å². The number of alkyl halides is 3. The third-order valence-electron chi connectivity index (χ3n) is 2.92. The first kappa shape index (κ1) is 16.2. The zero-order chi connectivity index (χ0) is 15.5. The van der Waals surface area contributed by atoms with Crippen LogP contribution in [0.1, 0.15) is 19.4 Å². The van der Waals surface area contributed by atoms with Crippen molar-refractivity contribution < 1.29 is 18.1 Å². The second-order valence-electron chi connectivity index (χ2n) is 4.72. The number of nitrogens with zero attached hydrogens (tertiary/aromatic N) is 1. The molecule has 0 fully saturated rings. The molecule has 0 aliphatic carbocycles. The molecule has 1 atom stereocenters. The first-order valence-corrected chi connectivity index (χ1v) is 5.99. The van der Waals surface area contributed by atoms with Crippen molar-refractivity contribution in [2.24, 2.45) is 11.7 Å². The number of nitro groups is 1. The smallest absolute Gasteiger partial charge is 0.375 e. The first-order chi connectivity index (χ1) is 9.16. The summed E-state index contributed by atoms with van der Waals surface area (Å²) < 4.78 is 37.7. The molecule has 0 aliphatic heterocycles. The van der Waals surface area contributed by atoms with E-state index in [1.54, 1.807) is 0 Å². The van der Waals surface area contributed by atoms with Gasteiger partial charge in [0.15, 0.2) is 0 Å². The molecule has 20 heavy (non-hydrogen) atoms. The van der Waals surface area contributed by atoms with E-state index in [-0.39, 0.29) is 24.2 Å². The molecule has 0 aromatic heterocycles.